The minimum Gasteiger partial charge on any atom is -0.356 e. The second-order valence-electron chi connectivity index (χ2n) is 4.45. The van der Waals surface area contributed by atoms with Crippen LogP contribution in [0.15, 0.2) is 0 Å². The number of aryl methyl sites for hydroxylation is 2. The molecule has 0 saturated heterocycles. The molecule has 1 aromatic heterocycles. The van der Waals surface area contributed by atoms with Crippen LogP contribution in [0.2, 0.25) is 0 Å². The normalized spacial score (nSPS) is 10.8. The third-order valence-electron chi connectivity index (χ3n) is 2.36. The first-order valence-corrected chi connectivity index (χ1v) is 6.50. The van der Waals surface area contributed by atoms with Crippen molar-refractivity contribution in [2.24, 2.45) is 5.92 Å². The Morgan fingerprint density at radius 1 is 1.44 bits per heavy atom. The van der Waals surface area contributed by atoms with Crippen LogP contribution in [0.5, 0.6) is 0 Å². The molecule has 0 saturated carbocycles. The standard InChI is InChI=1S/C12H20N2OS/c1-8(2)5-6-13-12(15)7-11-9(3)14-10(4)16-11/h8H,5-7H2,1-4H3,(H,13,15). The first-order valence-electron chi connectivity index (χ1n) is 5.68. The highest BCUT2D eigenvalue weighted by Gasteiger charge is 2.09. The van der Waals surface area contributed by atoms with Gasteiger partial charge in [0.25, 0.3) is 0 Å². The summed E-state index contributed by atoms with van der Waals surface area (Å²) in [6, 6.07) is 0. The van der Waals surface area contributed by atoms with Gasteiger partial charge in [-0.3, -0.25) is 4.79 Å². The van der Waals surface area contributed by atoms with Crippen LogP contribution < -0.4 is 5.32 Å². The summed E-state index contributed by atoms with van der Waals surface area (Å²) in [5.41, 5.74) is 0.988. The van der Waals surface area contributed by atoms with Crippen LogP contribution >= 0.6 is 11.3 Å². The van der Waals surface area contributed by atoms with Gasteiger partial charge in [0.1, 0.15) is 0 Å². The summed E-state index contributed by atoms with van der Waals surface area (Å²) >= 11 is 1.61. The lowest BCUT2D eigenvalue weighted by atomic mass is 10.1. The zero-order valence-electron chi connectivity index (χ0n) is 10.5. The minimum absolute atomic E-state index is 0.104. The van der Waals surface area contributed by atoms with Gasteiger partial charge in [0, 0.05) is 11.4 Å². The molecule has 1 heterocycles. The largest absolute Gasteiger partial charge is 0.356 e. The molecule has 0 atom stereocenters. The Labute approximate surface area is 101 Å². The molecule has 1 rings (SSSR count). The summed E-state index contributed by atoms with van der Waals surface area (Å²) in [5.74, 6) is 0.736. The van der Waals surface area contributed by atoms with E-state index in [0.717, 1.165) is 28.5 Å². The maximum Gasteiger partial charge on any atom is 0.225 e. The molecule has 0 spiro atoms. The van der Waals surface area contributed by atoms with Crippen LogP contribution in [0.3, 0.4) is 0 Å². The molecule has 0 unspecified atom stereocenters. The number of rotatable bonds is 5. The molecule has 0 fully saturated rings. The molecule has 1 aromatic rings. The van der Waals surface area contributed by atoms with Gasteiger partial charge >= 0.3 is 0 Å². The first kappa shape index (κ1) is 13.2. The number of hydrogen-bond donors (Lipinski definition) is 1. The van der Waals surface area contributed by atoms with Crippen molar-refractivity contribution in [1.29, 1.82) is 0 Å². The Morgan fingerprint density at radius 2 is 2.12 bits per heavy atom. The van der Waals surface area contributed by atoms with Crippen molar-refractivity contribution in [3.8, 4) is 0 Å². The minimum atomic E-state index is 0.104. The number of nitrogens with zero attached hydrogens (tertiary/aromatic N) is 1. The van der Waals surface area contributed by atoms with Crippen LogP contribution in [0.25, 0.3) is 0 Å². The smallest absolute Gasteiger partial charge is 0.225 e. The predicted molar refractivity (Wildman–Crippen MR) is 67.8 cm³/mol. The summed E-state index contributed by atoms with van der Waals surface area (Å²) in [5, 5.41) is 3.97. The van der Waals surface area contributed by atoms with E-state index in [-0.39, 0.29) is 5.91 Å². The summed E-state index contributed by atoms with van der Waals surface area (Å²) in [6.45, 7) is 9.01. The van der Waals surface area contributed by atoms with Gasteiger partial charge in [-0.1, -0.05) is 13.8 Å². The number of thiazole rings is 1. The maximum absolute atomic E-state index is 11.6. The molecule has 3 nitrogen and oxygen atoms in total. The van der Waals surface area contributed by atoms with Gasteiger partial charge in [0.2, 0.25) is 5.91 Å². The third-order valence-corrected chi connectivity index (χ3v) is 3.44. The van der Waals surface area contributed by atoms with Crippen LogP contribution in [0.1, 0.15) is 35.8 Å². The second kappa shape index (κ2) is 5.99. The number of aromatic nitrogens is 1. The topological polar surface area (TPSA) is 42.0 Å². The van der Waals surface area contributed by atoms with E-state index >= 15 is 0 Å². The Balaban J connectivity index is 2.37. The predicted octanol–water partition coefficient (Wildman–Crippen LogP) is 2.46. The van der Waals surface area contributed by atoms with E-state index in [9.17, 15) is 4.79 Å². The highest BCUT2D eigenvalue weighted by molar-refractivity contribution is 7.11. The SMILES string of the molecule is Cc1nc(C)c(CC(=O)NCCC(C)C)s1. The monoisotopic (exact) mass is 240 g/mol. The van der Waals surface area contributed by atoms with Gasteiger partial charge < -0.3 is 5.32 Å². The zero-order chi connectivity index (χ0) is 12.1. The molecule has 1 amide bonds. The van der Waals surface area contributed by atoms with Crippen molar-refractivity contribution < 1.29 is 4.79 Å². The molecule has 0 radical (unpaired) electrons. The van der Waals surface area contributed by atoms with Crippen LogP contribution in [0.4, 0.5) is 0 Å². The number of hydrogen-bond acceptors (Lipinski definition) is 3. The molecule has 0 aliphatic heterocycles. The van der Waals surface area contributed by atoms with Crippen molar-refractivity contribution in [3.05, 3.63) is 15.6 Å². The zero-order valence-corrected chi connectivity index (χ0v) is 11.3. The van der Waals surface area contributed by atoms with E-state index in [2.05, 4.69) is 24.1 Å². The number of carbonyl (C=O) groups is 1. The first-order chi connectivity index (χ1) is 7.49. The van der Waals surface area contributed by atoms with Crippen LogP contribution in [-0.4, -0.2) is 17.4 Å². The van der Waals surface area contributed by atoms with Gasteiger partial charge in [-0.05, 0) is 26.2 Å². The third kappa shape index (κ3) is 4.31. The molecular weight excluding hydrogens is 220 g/mol. The molecule has 4 heteroatoms. The highest BCUT2D eigenvalue weighted by atomic mass is 32.1. The van der Waals surface area contributed by atoms with Gasteiger partial charge in [0.15, 0.2) is 0 Å². The summed E-state index contributed by atoms with van der Waals surface area (Å²) in [7, 11) is 0. The molecule has 90 valence electrons. The lowest BCUT2D eigenvalue weighted by molar-refractivity contribution is -0.120. The molecule has 16 heavy (non-hydrogen) atoms. The van der Waals surface area contributed by atoms with Gasteiger partial charge in [-0.15, -0.1) is 11.3 Å². The molecular formula is C12H20N2OS. The van der Waals surface area contributed by atoms with Crippen LogP contribution in [-0.2, 0) is 11.2 Å². The van der Waals surface area contributed by atoms with E-state index in [1.807, 2.05) is 13.8 Å². The highest BCUT2D eigenvalue weighted by Crippen LogP contribution is 2.17. The number of nitrogens with one attached hydrogen (secondary N) is 1. The van der Waals surface area contributed by atoms with E-state index in [0.29, 0.717) is 12.3 Å². The average molecular weight is 240 g/mol. The molecule has 1 N–H and O–H groups in total. The summed E-state index contributed by atoms with van der Waals surface area (Å²) < 4.78 is 0. The van der Waals surface area contributed by atoms with Crippen molar-refractivity contribution >= 4 is 17.2 Å². The fraction of sp³-hybridized carbons (Fsp3) is 0.667. The van der Waals surface area contributed by atoms with Crippen molar-refractivity contribution in [2.75, 3.05) is 6.54 Å². The van der Waals surface area contributed by atoms with Crippen LogP contribution in [0, 0.1) is 19.8 Å². The lowest BCUT2D eigenvalue weighted by Gasteiger charge is -2.06. The van der Waals surface area contributed by atoms with Crippen molar-refractivity contribution in [3.63, 3.8) is 0 Å². The van der Waals surface area contributed by atoms with E-state index in [1.54, 1.807) is 11.3 Å². The fourth-order valence-electron chi connectivity index (χ4n) is 1.45. The van der Waals surface area contributed by atoms with Gasteiger partial charge in [-0.2, -0.15) is 0 Å². The molecule has 0 aromatic carbocycles. The molecule has 0 aliphatic rings. The molecule has 0 aliphatic carbocycles. The van der Waals surface area contributed by atoms with Gasteiger partial charge in [0.05, 0.1) is 17.1 Å². The Kier molecular flexibility index (Phi) is 4.93. The van der Waals surface area contributed by atoms with E-state index in [4.69, 9.17) is 0 Å². The van der Waals surface area contributed by atoms with Gasteiger partial charge in [-0.25, -0.2) is 4.98 Å². The number of amides is 1. The maximum atomic E-state index is 11.6. The second-order valence-corrected chi connectivity index (χ2v) is 5.74. The van der Waals surface area contributed by atoms with E-state index in [1.165, 1.54) is 0 Å². The van der Waals surface area contributed by atoms with E-state index < -0.39 is 0 Å². The lowest BCUT2D eigenvalue weighted by Crippen LogP contribution is -2.26. The summed E-state index contributed by atoms with van der Waals surface area (Å²) in [6.07, 6.45) is 1.50. The Morgan fingerprint density at radius 3 is 2.62 bits per heavy atom. The number of carbonyl (C=O) groups excluding carboxylic acids is 1. The Bertz CT molecular complexity index is 358. The molecule has 0 bridgehead atoms. The van der Waals surface area contributed by atoms with Crippen molar-refractivity contribution in [2.45, 2.75) is 40.5 Å². The fourth-order valence-corrected chi connectivity index (χ4v) is 2.38. The van der Waals surface area contributed by atoms with Crippen molar-refractivity contribution in [1.82, 2.24) is 10.3 Å². The average Bonchev–Trinajstić information content (AvgIpc) is 2.44. The Hall–Kier alpha value is -0.900. The quantitative estimate of drug-likeness (QED) is 0.859. The summed E-state index contributed by atoms with van der Waals surface area (Å²) in [4.78, 5) is 17.0.